The van der Waals surface area contributed by atoms with Gasteiger partial charge in [0.05, 0.1) is 17.0 Å². The van der Waals surface area contributed by atoms with Gasteiger partial charge in [-0.2, -0.15) is 0 Å². The van der Waals surface area contributed by atoms with E-state index in [0.29, 0.717) is 12.6 Å². The standard InChI is InChI=1S/C15H22N2O2S/c1-11(15-12(2)20-13(3)17-15)16-7-5-8-18-10-14-6-4-9-19-14/h4,6,9,11,16H,5,7-8,10H2,1-3H3. The zero-order valence-corrected chi connectivity index (χ0v) is 13.1. The molecule has 0 aliphatic carbocycles. The fraction of sp³-hybridized carbons (Fsp3) is 0.533. The Balaban J connectivity index is 1.60. The van der Waals surface area contributed by atoms with Gasteiger partial charge in [0.1, 0.15) is 12.4 Å². The highest BCUT2D eigenvalue weighted by molar-refractivity contribution is 7.11. The molecule has 0 radical (unpaired) electrons. The van der Waals surface area contributed by atoms with Crippen molar-refractivity contribution >= 4 is 11.3 Å². The van der Waals surface area contributed by atoms with Crippen molar-refractivity contribution in [3.63, 3.8) is 0 Å². The van der Waals surface area contributed by atoms with Gasteiger partial charge in [0.25, 0.3) is 0 Å². The number of ether oxygens (including phenoxy) is 1. The summed E-state index contributed by atoms with van der Waals surface area (Å²) in [6.07, 6.45) is 2.65. The smallest absolute Gasteiger partial charge is 0.129 e. The van der Waals surface area contributed by atoms with Gasteiger partial charge in [-0.05, 0) is 45.9 Å². The summed E-state index contributed by atoms with van der Waals surface area (Å²) in [4.78, 5) is 5.87. The maximum Gasteiger partial charge on any atom is 0.129 e. The van der Waals surface area contributed by atoms with Crippen molar-refractivity contribution in [1.82, 2.24) is 10.3 Å². The van der Waals surface area contributed by atoms with Crippen LogP contribution < -0.4 is 5.32 Å². The van der Waals surface area contributed by atoms with Crippen molar-refractivity contribution < 1.29 is 9.15 Å². The zero-order valence-electron chi connectivity index (χ0n) is 12.3. The number of aromatic nitrogens is 1. The van der Waals surface area contributed by atoms with Crippen LogP contribution in [0.5, 0.6) is 0 Å². The summed E-state index contributed by atoms with van der Waals surface area (Å²) < 4.78 is 10.7. The first kappa shape index (κ1) is 15.2. The zero-order chi connectivity index (χ0) is 14.4. The lowest BCUT2D eigenvalue weighted by Gasteiger charge is -2.12. The minimum atomic E-state index is 0.296. The van der Waals surface area contributed by atoms with Crippen molar-refractivity contribution in [3.05, 3.63) is 39.7 Å². The molecule has 0 spiro atoms. The van der Waals surface area contributed by atoms with Crippen LogP contribution in [0.25, 0.3) is 0 Å². The molecule has 0 bridgehead atoms. The number of nitrogens with zero attached hydrogens (tertiary/aromatic N) is 1. The number of thiazole rings is 1. The Bertz CT molecular complexity index is 508. The first-order chi connectivity index (χ1) is 9.66. The van der Waals surface area contributed by atoms with Gasteiger partial charge in [-0.15, -0.1) is 11.3 Å². The molecule has 4 nitrogen and oxygen atoms in total. The lowest BCUT2D eigenvalue weighted by atomic mass is 10.2. The molecule has 0 aromatic carbocycles. The lowest BCUT2D eigenvalue weighted by molar-refractivity contribution is 0.103. The molecule has 0 amide bonds. The molecule has 0 aliphatic heterocycles. The molecular weight excluding hydrogens is 272 g/mol. The van der Waals surface area contributed by atoms with Gasteiger partial charge in [0.2, 0.25) is 0 Å². The molecular formula is C15H22N2O2S. The van der Waals surface area contributed by atoms with Gasteiger partial charge in [0, 0.05) is 17.5 Å². The molecule has 1 atom stereocenters. The summed E-state index contributed by atoms with van der Waals surface area (Å²) >= 11 is 1.76. The van der Waals surface area contributed by atoms with Crippen molar-refractivity contribution in [2.45, 2.75) is 39.8 Å². The molecule has 0 saturated carbocycles. The number of rotatable bonds is 8. The number of hydrogen-bond acceptors (Lipinski definition) is 5. The van der Waals surface area contributed by atoms with Crippen LogP contribution in [0.1, 0.15) is 40.7 Å². The topological polar surface area (TPSA) is 47.3 Å². The third-order valence-electron chi connectivity index (χ3n) is 3.09. The highest BCUT2D eigenvalue weighted by Crippen LogP contribution is 2.22. The number of nitrogens with one attached hydrogen (secondary N) is 1. The fourth-order valence-corrected chi connectivity index (χ4v) is 3.02. The monoisotopic (exact) mass is 294 g/mol. The maximum atomic E-state index is 5.55. The molecule has 2 aromatic heterocycles. The van der Waals surface area contributed by atoms with Gasteiger partial charge < -0.3 is 14.5 Å². The first-order valence-electron chi connectivity index (χ1n) is 6.94. The molecule has 5 heteroatoms. The van der Waals surface area contributed by atoms with E-state index in [9.17, 15) is 0 Å². The van der Waals surface area contributed by atoms with Gasteiger partial charge in [-0.25, -0.2) is 4.98 Å². The van der Waals surface area contributed by atoms with Crippen LogP contribution in [0.3, 0.4) is 0 Å². The normalized spacial score (nSPS) is 12.8. The van der Waals surface area contributed by atoms with E-state index in [-0.39, 0.29) is 0 Å². The summed E-state index contributed by atoms with van der Waals surface area (Å²) in [6, 6.07) is 4.10. The van der Waals surface area contributed by atoms with Gasteiger partial charge >= 0.3 is 0 Å². The van der Waals surface area contributed by atoms with Crippen LogP contribution in [0.2, 0.25) is 0 Å². The van der Waals surface area contributed by atoms with Crippen LogP contribution in [0, 0.1) is 13.8 Å². The van der Waals surface area contributed by atoms with Crippen molar-refractivity contribution in [1.29, 1.82) is 0 Å². The Morgan fingerprint density at radius 1 is 1.45 bits per heavy atom. The van der Waals surface area contributed by atoms with E-state index in [4.69, 9.17) is 9.15 Å². The summed E-state index contributed by atoms with van der Waals surface area (Å²) in [6.45, 7) is 8.55. The van der Waals surface area contributed by atoms with E-state index in [0.717, 1.165) is 30.3 Å². The molecule has 2 aromatic rings. The highest BCUT2D eigenvalue weighted by atomic mass is 32.1. The van der Waals surface area contributed by atoms with E-state index < -0.39 is 0 Å². The molecule has 2 heterocycles. The molecule has 0 fully saturated rings. The van der Waals surface area contributed by atoms with E-state index in [1.807, 2.05) is 12.1 Å². The third kappa shape index (κ3) is 4.44. The Kier molecular flexibility index (Phi) is 5.76. The SMILES string of the molecule is Cc1nc(C(C)NCCCOCc2ccco2)c(C)s1. The van der Waals surface area contributed by atoms with Gasteiger partial charge in [-0.3, -0.25) is 0 Å². The predicted molar refractivity (Wildman–Crippen MR) is 81.0 cm³/mol. The number of aryl methyl sites for hydroxylation is 2. The number of hydrogen-bond donors (Lipinski definition) is 1. The quantitative estimate of drug-likeness (QED) is 0.756. The minimum Gasteiger partial charge on any atom is -0.467 e. The fourth-order valence-electron chi connectivity index (χ4n) is 2.10. The van der Waals surface area contributed by atoms with Crippen LogP contribution in [-0.2, 0) is 11.3 Å². The largest absolute Gasteiger partial charge is 0.467 e. The Hall–Kier alpha value is -1.17. The highest BCUT2D eigenvalue weighted by Gasteiger charge is 2.11. The molecule has 1 N–H and O–H groups in total. The molecule has 20 heavy (non-hydrogen) atoms. The van der Waals surface area contributed by atoms with Gasteiger partial charge in [0.15, 0.2) is 0 Å². The Morgan fingerprint density at radius 3 is 2.95 bits per heavy atom. The molecule has 0 saturated heterocycles. The average molecular weight is 294 g/mol. The third-order valence-corrected chi connectivity index (χ3v) is 3.99. The second kappa shape index (κ2) is 7.57. The molecule has 0 aliphatic rings. The van der Waals surface area contributed by atoms with E-state index in [1.165, 1.54) is 10.6 Å². The summed E-state index contributed by atoms with van der Waals surface area (Å²) in [5.74, 6) is 0.875. The van der Waals surface area contributed by atoms with Crippen molar-refractivity contribution in [3.8, 4) is 0 Å². The summed E-state index contributed by atoms with van der Waals surface area (Å²) in [7, 11) is 0. The second-order valence-electron chi connectivity index (χ2n) is 4.84. The minimum absolute atomic E-state index is 0.296. The van der Waals surface area contributed by atoms with Crippen LogP contribution >= 0.6 is 11.3 Å². The Labute approximate surface area is 124 Å². The molecule has 1 unspecified atom stereocenters. The van der Waals surface area contributed by atoms with Crippen LogP contribution in [0.4, 0.5) is 0 Å². The molecule has 110 valence electrons. The summed E-state index contributed by atoms with van der Waals surface area (Å²) in [5.41, 5.74) is 1.17. The summed E-state index contributed by atoms with van der Waals surface area (Å²) in [5, 5.41) is 4.62. The van der Waals surface area contributed by atoms with Crippen molar-refractivity contribution in [2.24, 2.45) is 0 Å². The predicted octanol–water partition coefficient (Wildman–Crippen LogP) is 3.61. The maximum absolute atomic E-state index is 5.55. The second-order valence-corrected chi connectivity index (χ2v) is 6.24. The van der Waals surface area contributed by atoms with E-state index >= 15 is 0 Å². The number of furan rings is 1. The van der Waals surface area contributed by atoms with Gasteiger partial charge in [-0.1, -0.05) is 0 Å². The average Bonchev–Trinajstić information content (AvgIpc) is 3.03. The van der Waals surface area contributed by atoms with Crippen molar-refractivity contribution in [2.75, 3.05) is 13.2 Å². The van der Waals surface area contributed by atoms with Crippen LogP contribution in [-0.4, -0.2) is 18.1 Å². The Morgan fingerprint density at radius 2 is 2.30 bits per heavy atom. The first-order valence-corrected chi connectivity index (χ1v) is 7.76. The van der Waals surface area contributed by atoms with Crippen LogP contribution in [0.15, 0.2) is 22.8 Å². The lowest BCUT2D eigenvalue weighted by Crippen LogP contribution is -2.21. The molecule has 2 rings (SSSR count). The van der Waals surface area contributed by atoms with E-state index in [2.05, 4.69) is 31.1 Å². The van der Waals surface area contributed by atoms with E-state index in [1.54, 1.807) is 17.6 Å².